The Labute approximate surface area is 81.4 Å². The number of hydrogen-bond donors (Lipinski definition) is 1. The van der Waals surface area contributed by atoms with Crippen LogP contribution in [0.2, 0.25) is 0 Å². The Bertz CT molecular complexity index is 445. The van der Waals surface area contributed by atoms with Crippen LogP contribution in [0.4, 0.5) is 5.69 Å². The minimum Gasteiger partial charge on any atom is -0.398 e. The molecule has 0 atom stereocenters. The number of aromatic nitrogens is 1. The lowest BCUT2D eigenvalue weighted by atomic mass is 10.1. The van der Waals surface area contributed by atoms with Gasteiger partial charge in [-0.1, -0.05) is 6.92 Å². The fraction of sp³-hybridized carbons (Fsp3) is 0.300. The van der Waals surface area contributed by atoms with Gasteiger partial charge in [-0.25, -0.2) is 4.98 Å². The van der Waals surface area contributed by atoms with Crippen LogP contribution in [0.15, 0.2) is 11.4 Å². The normalized spacial score (nSPS) is 10.9. The van der Waals surface area contributed by atoms with E-state index in [1.54, 1.807) is 11.3 Å². The van der Waals surface area contributed by atoms with Crippen LogP contribution in [0, 0.1) is 6.92 Å². The topological polar surface area (TPSA) is 38.9 Å². The third kappa shape index (κ3) is 1.29. The van der Waals surface area contributed by atoms with E-state index in [4.69, 9.17) is 5.73 Å². The smallest absolute Gasteiger partial charge is 0.125 e. The molecule has 0 amide bonds. The Morgan fingerprint density at radius 2 is 2.31 bits per heavy atom. The molecule has 0 radical (unpaired) electrons. The maximum absolute atomic E-state index is 5.94. The lowest BCUT2D eigenvalue weighted by Crippen LogP contribution is -1.91. The highest BCUT2D eigenvalue weighted by Gasteiger charge is 2.07. The number of hydrogen-bond acceptors (Lipinski definition) is 3. The van der Waals surface area contributed by atoms with Gasteiger partial charge in [-0.15, -0.1) is 11.3 Å². The molecular weight excluding hydrogens is 180 g/mol. The minimum atomic E-state index is 0.862. The van der Waals surface area contributed by atoms with Crippen molar-refractivity contribution in [3.8, 4) is 0 Å². The van der Waals surface area contributed by atoms with Crippen LogP contribution in [0.3, 0.4) is 0 Å². The maximum Gasteiger partial charge on any atom is 0.125 e. The molecule has 0 aliphatic carbocycles. The number of nitrogens with zero attached hydrogens (tertiary/aromatic N) is 1. The summed E-state index contributed by atoms with van der Waals surface area (Å²) < 4.78 is 0. The van der Waals surface area contributed by atoms with Crippen molar-refractivity contribution in [1.29, 1.82) is 0 Å². The summed E-state index contributed by atoms with van der Waals surface area (Å²) in [5.41, 5.74) is 9.11. The molecule has 68 valence electrons. The molecule has 0 saturated carbocycles. The van der Waals surface area contributed by atoms with Crippen LogP contribution in [-0.4, -0.2) is 4.98 Å². The minimum absolute atomic E-state index is 0.862. The Balaban J connectivity index is 2.82. The molecule has 0 saturated heterocycles. The van der Waals surface area contributed by atoms with Crippen molar-refractivity contribution in [2.24, 2.45) is 0 Å². The number of aryl methyl sites for hydroxylation is 2. The number of thiophene rings is 1. The maximum atomic E-state index is 5.94. The summed E-state index contributed by atoms with van der Waals surface area (Å²) in [4.78, 5) is 5.51. The first kappa shape index (κ1) is 8.51. The van der Waals surface area contributed by atoms with Crippen LogP contribution in [0.5, 0.6) is 0 Å². The zero-order chi connectivity index (χ0) is 9.42. The van der Waals surface area contributed by atoms with Gasteiger partial charge in [0.2, 0.25) is 0 Å². The Morgan fingerprint density at radius 1 is 1.54 bits per heavy atom. The van der Waals surface area contributed by atoms with Gasteiger partial charge < -0.3 is 5.73 Å². The second-order valence-electron chi connectivity index (χ2n) is 3.15. The van der Waals surface area contributed by atoms with E-state index in [1.165, 1.54) is 5.56 Å². The van der Waals surface area contributed by atoms with E-state index in [0.29, 0.717) is 0 Å². The van der Waals surface area contributed by atoms with Crippen molar-refractivity contribution >= 4 is 27.2 Å². The summed E-state index contributed by atoms with van der Waals surface area (Å²) in [6, 6.07) is 1.94. The number of anilines is 1. The molecule has 2 aromatic heterocycles. The lowest BCUT2D eigenvalue weighted by molar-refractivity contribution is 1.17. The molecule has 2 nitrogen and oxygen atoms in total. The highest BCUT2D eigenvalue weighted by molar-refractivity contribution is 7.17. The van der Waals surface area contributed by atoms with Gasteiger partial charge in [-0.05, 0) is 30.4 Å². The zero-order valence-electron chi connectivity index (χ0n) is 7.79. The highest BCUT2D eigenvalue weighted by atomic mass is 32.1. The van der Waals surface area contributed by atoms with Crippen molar-refractivity contribution in [2.45, 2.75) is 20.3 Å². The molecule has 0 aliphatic rings. The first-order chi connectivity index (χ1) is 6.22. The molecule has 2 rings (SSSR count). The summed E-state index contributed by atoms with van der Waals surface area (Å²) >= 11 is 1.68. The molecule has 13 heavy (non-hydrogen) atoms. The van der Waals surface area contributed by atoms with Crippen LogP contribution in [0.25, 0.3) is 10.2 Å². The first-order valence-electron chi connectivity index (χ1n) is 4.35. The van der Waals surface area contributed by atoms with E-state index in [9.17, 15) is 0 Å². The molecule has 0 aliphatic heterocycles. The molecule has 0 unspecified atom stereocenters. The highest BCUT2D eigenvalue weighted by Crippen LogP contribution is 2.29. The molecule has 2 heterocycles. The zero-order valence-corrected chi connectivity index (χ0v) is 8.61. The van der Waals surface area contributed by atoms with E-state index in [1.807, 2.05) is 13.0 Å². The van der Waals surface area contributed by atoms with Crippen molar-refractivity contribution in [3.05, 3.63) is 22.7 Å². The number of nitrogens with two attached hydrogens (primary N) is 1. The fourth-order valence-electron chi connectivity index (χ4n) is 1.52. The number of pyridine rings is 1. The number of rotatable bonds is 1. The Kier molecular flexibility index (Phi) is 1.96. The summed E-state index contributed by atoms with van der Waals surface area (Å²) in [6.07, 6.45) is 1.02. The molecule has 2 N–H and O–H groups in total. The molecular formula is C10H12N2S. The first-order valence-corrected chi connectivity index (χ1v) is 5.23. The van der Waals surface area contributed by atoms with E-state index in [-0.39, 0.29) is 0 Å². The van der Waals surface area contributed by atoms with Gasteiger partial charge in [0, 0.05) is 16.8 Å². The van der Waals surface area contributed by atoms with Gasteiger partial charge in [-0.3, -0.25) is 0 Å². The van der Waals surface area contributed by atoms with E-state index in [0.717, 1.165) is 28.0 Å². The van der Waals surface area contributed by atoms with Crippen molar-refractivity contribution in [1.82, 2.24) is 4.98 Å². The van der Waals surface area contributed by atoms with E-state index >= 15 is 0 Å². The summed E-state index contributed by atoms with van der Waals surface area (Å²) in [5.74, 6) is 0. The molecule has 0 fully saturated rings. The number of nitrogen functional groups attached to an aromatic ring is 1. The van der Waals surface area contributed by atoms with Gasteiger partial charge in [0.1, 0.15) is 4.83 Å². The van der Waals surface area contributed by atoms with Crippen LogP contribution in [0.1, 0.15) is 18.2 Å². The quantitative estimate of drug-likeness (QED) is 0.754. The van der Waals surface area contributed by atoms with Crippen molar-refractivity contribution < 1.29 is 0 Å². The predicted octanol–water partition coefficient (Wildman–Crippen LogP) is 2.75. The van der Waals surface area contributed by atoms with Gasteiger partial charge in [-0.2, -0.15) is 0 Å². The largest absolute Gasteiger partial charge is 0.398 e. The molecule has 2 aromatic rings. The Morgan fingerprint density at radius 3 is 3.00 bits per heavy atom. The SMILES string of the molecule is CCc1csc2nc(C)cc(N)c12. The summed E-state index contributed by atoms with van der Waals surface area (Å²) in [5, 5.41) is 3.30. The van der Waals surface area contributed by atoms with Crippen LogP contribution in [-0.2, 0) is 6.42 Å². The average molecular weight is 192 g/mol. The van der Waals surface area contributed by atoms with Gasteiger partial charge in [0.05, 0.1) is 0 Å². The van der Waals surface area contributed by atoms with Crippen LogP contribution < -0.4 is 5.73 Å². The Hall–Kier alpha value is -1.09. The van der Waals surface area contributed by atoms with Gasteiger partial charge in [0.15, 0.2) is 0 Å². The lowest BCUT2D eigenvalue weighted by Gasteiger charge is -2.00. The third-order valence-corrected chi connectivity index (χ3v) is 3.08. The standard InChI is InChI=1S/C10H12N2S/c1-3-7-5-13-10-9(7)8(11)4-6(2)12-10/h4-5H,3H2,1-2H3,(H2,11,12). The fourth-order valence-corrected chi connectivity index (χ4v) is 2.62. The molecule has 0 bridgehead atoms. The molecule has 0 aromatic carbocycles. The molecule has 3 heteroatoms. The molecule has 0 spiro atoms. The van der Waals surface area contributed by atoms with Crippen molar-refractivity contribution in [3.63, 3.8) is 0 Å². The average Bonchev–Trinajstić information content (AvgIpc) is 2.47. The van der Waals surface area contributed by atoms with E-state index < -0.39 is 0 Å². The van der Waals surface area contributed by atoms with Gasteiger partial charge >= 0.3 is 0 Å². The monoisotopic (exact) mass is 192 g/mol. The van der Waals surface area contributed by atoms with Crippen LogP contribution >= 0.6 is 11.3 Å². The van der Waals surface area contributed by atoms with Crippen molar-refractivity contribution in [2.75, 3.05) is 5.73 Å². The second-order valence-corrected chi connectivity index (χ2v) is 4.01. The second kappa shape index (κ2) is 3.00. The predicted molar refractivity (Wildman–Crippen MR) is 58.1 cm³/mol. The summed E-state index contributed by atoms with van der Waals surface area (Å²) in [7, 11) is 0. The number of fused-ring (bicyclic) bond motifs is 1. The summed E-state index contributed by atoms with van der Waals surface area (Å²) in [6.45, 7) is 4.11. The van der Waals surface area contributed by atoms with Gasteiger partial charge in [0.25, 0.3) is 0 Å². The third-order valence-electron chi connectivity index (χ3n) is 2.16. The van der Waals surface area contributed by atoms with E-state index in [2.05, 4.69) is 17.3 Å².